The van der Waals surface area contributed by atoms with Gasteiger partial charge in [-0.3, -0.25) is 9.78 Å². The van der Waals surface area contributed by atoms with E-state index in [1.807, 2.05) is 6.20 Å². The fraction of sp³-hybridized carbons (Fsp3) is 0.615. The van der Waals surface area contributed by atoms with Crippen LogP contribution in [0.25, 0.3) is 10.9 Å². The molecule has 4 aliphatic rings. The Kier molecular flexibility index (Phi) is 5.48. The number of halogens is 2. The number of hydrogen-bond acceptors (Lipinski definition) is 2. The fourth-order valence-corrected chi connectivity index (χ4v) is 6.67. The second kappa shape index (κ2) is 8.03. The number of amides is 1. The van der Waals surface area contributed by atoms with Gasteiger partial charge in [0.2, 0.25) is 5.91 Å². The predicted octanol–water partition coefficient (Wildman–Crippen LogP) is 6.48. The standard InChI is InChI=1S/C26H32ClFN2O/c1-17(30-24(31)25-9-12-26(27,13-10-25)14-11-25)18-2-4-19(5-3-18)21-8-15-29-23-7-6-20(28)16-22(21)23/h6-8,15-19H,2-5,9-14H2,1H3,(H,30,31)/t17?,18-,19+,25?,26?. The van der Waals surface area contributed by atoms with Crippen molar-refractivity contribution in [2.75, 3.05) is 0 Å². The van der Waals surface area contributed by atoms with Gasteiger partial charge in [0.25, 0.3) is 0 Å². The number of pyridine rings is 1. The van der Waals surface area contributed by atoms with Crippen LogP contribution in [-0.4, -0.2) is 21.8 Å². The molecule has 1 aromatic heterocycles. The molecule has 0 radical (unpaired) electrons. The number of nitrogens with zero attached hydrogens (tertiary/aromatic N) is 1. The van der Waals surface area contributed by atoms with E-state index >= 15 is 0 Å². The van der Waals surface area contributed by atoms with E-state index in [2.05, 4.69) is 23.3 Å². The van der Waals surface area contributed by atoms with Crippen LogP contribution < -0.4 is 5.32 Å². The summed E-state index contributed by atoms with van der Waals surface area (Å²) in [6, 6.07) is 7.11. The number of nitrogens with one attached hydrogen (secondary N) is 1. The lowest BCUT2D eigenvalue weighted by Crippen LogP contribution is -2.53. The van der Waals surface area contributed by atoms with E-state index in [0.29, 0.717) is 11.8 Å². The van der Waals surface area contributed by atoms with Crippen molar-refractivity contribution in [2.45, 2.75) is 88.0 Å². The van der Waals surface area contributed by atoms with Crippen LogP contribution in [0.5, 0.6) is 0 Å². The summed E-state index contributed by atoms with van der Waals surface area (Å²) in [6.45, 7) is 2.17. The maximum Gasteiger partial charge on any atom is 0.226 e. The molecule has 0 spiro atoms. The van der Waals surface area contributed by atoms with E-state index in [1.54, 1.807) is 12.1 Å². The van der Waals surface area contributed by atoms with Crippen LogP contribution in [0.3, 0.4) is 0 Å². The SMILES string of the molecule is CC(NC(=O)C12CCC(Cl)(CC1)CC2)[C@H]1CC[C@@H](c2ccnc3ccc(F)cc32)CC1. The van der Waals surface area contributed by atoms with Gasteiger partial charge in [-0.05, 0) is 113 Å². The average molecular weight is 443 g/mol. The van der Waals surface area contributed by atoms with Gasteiger partial charge in [-0.2, -0.15) is 0 Å². The van der Waals surface area contributed by atoms with Crippen molar-refractivity contribution in [3.8, 4) is 0 Å². The third-order valence-corrected chi connectivity index (χ3v) is 9.22. The van der Waals surface area contributed by atoms with E-state index < -0.39 is 0 Å². The molecule has 3 nitrogen and oxygen atoms in total. The minimum absolute atomic E-state index is 0.0356. The lowest BCUT2D eigenvalue weighted by Gasteiger charge is -2.50. The highest BCUT2D eigenvalue weighted by Crippen LogP contribution is 2.55. The normalized spacial score (nSPS) is 33.9. The first kappa shape index (κ1) is 21.2. The zero-order valence-electron chi connectivity index (χ0n) is 18.3. The molecular weight excluding hydrogens is 411 g/mol. The molecule has 1 unspecified atom stereocenters. The topological polar surface area (TPSA) is 42.0 Å². The lowest BCUT2D eigenvalue weighted by atomic mass is 9.59. The van der Waals surface area contributed by atoms with Crippen LogP contribution in [0, 0.1) is 17.2 Å². The number of fused-ring (bicyclic) bond motifs is 4. The Morgan fingerprint density at radius 2 is 1.77 bits per heavy atom. The summed E-state index contributed by atoms with van der Waals surface area (Å²) >= 11 is 6.64. The molecule has 1 heterocycles. The summed E-state index contributed by atoms with van der Waals surface area (Å²) in [6.07, 6.45) is 11.9. The number of benzene rings is 1. The molecule has 4 aliphatic carbocycles. The maximum atomic E-state index is 13.8. The highest BCUT2D eigenvalue weighted by molar-refractivity contribution is 6.24. The van der Waals surface area contributed by atoms with Crippen LogP contribution in [0.2, 0.25) is 0 Å². The Balaban J connectivity index is 1.21. The molecule has 1 N–H and O–H groups in total. The number of aromatic nitrogens is 1. The second-order valence-corrected chi connectivity index (χ2v) is 11.2. The fourth-order valence-electron chi connectivity index (χ4n) is 6.38. The van der Waals surface area contributed by atoms with Crippen LogP contribution in [0.1, 0.15) is 82.6 Å². The van der Waals surface area contributed by atoms with Gasteiger partial charge in [0, 0.05) is 27.9 Å². The summed E-state index contributed by atoms with van der Waals surface area (Å²) in [5.41, 5.74) is 1.90. The number of carbonyl (C=O) groups excluding carboxylic acids is 1. The van der Waals surface area contributed by atoms with E-state index in [1.165, 1.54) is 11.6 Å². The predicted molar refractivity (Wildman–Crippen MR) is 123 cm³/mol. The Morgan fingerprint density at radius 3 is 2.45 bits per heavy atom. The van der Waals surface area contributed by atoms with Crippen molar-refractivity contribution < 1.29 is 9.18 Å². The van der Waals surface area contributed by atoms with Gasteiger partial charge in [-0.1, -0.05) is 0 Å². The smallest absolute Gasteiger partial charge is 0.226 e. The van der Waals surface area contributed by atoms with E-state index in [-0.39, 0.29) is 28.1 Å². The van der Waals surface area contributed by atoms with E-state index in [0.717, 1.165) is 75.1 Å². The molecular formula is C26H32ClFN2O. The van der Waals surface area contributed by atoms with Crippen LogP contribution >= 0.6 is 11.6 Å². The van der Waals surface area contributed by atoms with Gasteiger partial charge < -0.3 is 5.32 Å². The molecule has 6 rings (SSSR count). The number of carbonyl (C=O) groups is 1. The Morgan fingerprint density at radius 1 is 1.10 bits per heavy atom. The van der Waals surface area contributed by atoms with Crippen LogP contribution in [0.4, 0.5) is 4.39 Å². The second-order valence-electron chi connectivity index (χ2n) is 10.4. The van der Waals surface area contributed by atoms with Gasteiger partial charge in [0.05, 0.1) is 5.52 Å². The largest absolute Gasteiger partial charge is 0.353 e. The zero-order chi connectivity index (χ0) is 21.6. The number of hydrogen-bond donors (Lipinski definition) is 1. The average Bonchev–Trinajstić information content (AvgIpc) is 2.79. The van der Waals surface area contributed by atoms with Gasteiger partial charge in [-0.25, -0.2) is 4.39 Å². The molecule has 4 saturated carbocycles. The Bertz CT molecular complexity index is 960. The quantitative estimate of drug-likeness (QED) is 0.550. The molecule has 31 heavy (non-hydrogen) atoms. The molecule has 1 aromatic carbocycles. The molecule has 1 atom stereocenters. The van der Waals surface area contributed by atoms with Crippen LogP contribution in [-0.2, 0) is 4.79 Å². The van der Waals surface area contributed by atoms with Gasteiger partial charge in [0.1, 0.15) is 5.82 Å². The van der Waals surface area contributed by atoms with E-state index in [9.17, 15) is 9.18 Å². The molecule has 166 valence electrons. The van der Waals surface area contributed by atoms with Gasteiger partial charge >= 0.3 is 0 Å². The lowest BCUT2D eigenvalue weighted by molar-refractivity contribution is -0.137. The van der Waals surface area contributed by atoms with Crippen molar-refractivity contribution in [3.05, 3.63) is 41.8 Å². The van der Waals surface area contributed by atoms with Gasteiger partial charge in [0.15, 0.2) is 0 Å². The third-order valence-electron chi connectivity index (χ3n) is 8.65. The summed E-state index contributed by atoms with van der Waals surface area (Å²) in [7, 11) is 0. The van der Waals surface area contributed by atoms with E-state index in [4.69, 9.17) is 11.6 Å². The molecule has 4 fully saturated rings. The van der Waals surface area contributed by atoms with Crippen molar-refractivity contribution >= 4 is 28.4 Å². The maximum absolute atomic E-state index is 13.8. The molecule has 0 aliphatic heterocycles. The summed E-state index contributed by atoms with van der Waals surface area (Å²) < 4.78 is 13.8. The highest BCUT2D eigenvalue weighted by Gasteiger charge is 2.51. The first-order chi connectivity index (χ1) is 14.9. The summed E-state index contributed by atoms with van der Waals surface area (Å²) in [5.74, 6) is 0.985. The first-order valence-electron chi connectivity index (χ1n) is 11.9. The van der Waals surface area contributed by atoms with Crippen molar-refractivity contribution in [1.29, 1.82) is 0 Å². The summed E-state index contributed by atoms with van der Waals surface area (Å²) in [4.78, 5) is 17.6. The monoisotopic (exact) mass is 442 g/mol. The van der Waals surface area contributed by atoms with Crippen molar-refractivity contribution in [3.63, 3.8) is 0 Å². The Labute approximate surface area is 189 Å². The van der Waals surface area contributed by atoms with Gasteiger partial charge in [-0.15, -0.1) is 11.6 Å². The number of rotatable bonds is 4. The molecule has 2 aromatic rings. The molecule has 2 bridgehead atoms. The first-order valence-corrected chi connectivity index (χ1v) is 12.3. The minimum Gasteiger partial charge on any atom is -0.353 e. The molecule has 0 saturated heterocycles. The zero-order valence-corrected chi connectivity index (χ0v) is 19.1. The van der Waals surface area contributed by atoms with Crippen LogP contribution in [0.15, 0.2) is 30.5 Å². The van der Waals surface area contributed by atoms with Crippen molar-refractivity contribution in [1.82, 2.24) is 10.3 Å². The Hall–Kier alpha value is -1.68. The number of alkyl halides is 1. The summed E-state index contributed by atoms with van der Waals surface area (Å²) in [5, 5.41) is 4.34. The molecule has 1 amide bonds. The molecule has 5 heteroatoms. The van der Waals surface area contributed by atoms with Crippen molar-refractivity contribution in [2.24, 2.45) is 11.3 Å². The third kappa shape index (κ3) is 3.97. The minimum atomic E-state index is -0.206. The highest BCUT2D eigenvalue weighted by atomic mass is 35.5.